The third kappa shape index (κ3) is 1.69. The van der Waals surface area contributed by atoms with Gasteiger partial charge in [0, 0.05) is 18.4 Å². The quantitative estimate of drug-likeness (QED) is 0.728. The van der Waals surface area contributed by atoms with Crippen molar-refractivity contribution in [3.63, 3.8) is 0 Å². The summed E-state index contributed by atoms with van der Waals surface area (Å²) < 4.78 is 5.72. The highest BCUT2D eigenvalue weighted by Gasteiger charge is 2.38. The van der Waals surface area contributed by atoms with Gasteiger partial charge in [-0.1, -0.05) is 6.92 Å². The van der Waals surface area contributed by atoms with E-state index in [1.807, 2.05) is 27.7 Å². The number of fused-ring (bicyclic) bond motifs is 1. The van der Waals surface area contributed by atoms with Crippen LogP contribution < -0.4 is 4.74 Å². The molecule has 0 bridgehead atoms. The highest BCUT2D eigenvalue weighted by atomic mass is 16.6. The molecule has 2 N–H and O–H groups in total. The second-order valence-corrected chi connectivity index (χ2v) is 5.29. The minimum absolute atomic E-state index is 0.00945. The lowest BCUT2D eigenvalue weighted by Gasteiger charge is -2.38. The van der Waals surface area contributed by atoms with Crippen molar-refractivity contribution in [1.29, 1.82) is 0 Å². The van der Waals surface area contributed by atoms with Crippen LogP contribution in [0.5, 0.6) is 11.5 Å². The molecule has 1 aliphatic rings. The Labute approximate surface area is 102 Å². The van der Waals surface area contributed by atoms with E-state index in [1.165, 1.54) is 0 Å². The van der Waals surface area contributed by atoms with E-state index in [-0.39, 0.29) is 5.92 Å². The molecule has 0 amide bonds. The molecule has 0 spiro atoms. The fourth-order valence-corrected chi connectivity index (χ4v) is 2.36. The molecule has 0 radical (unpaired) electrons. The standard InChI is InChI=1S/C14H20O3/c1-7-6-11-10(4)12(15)8(2)9(3)13(11)17-14(7,5)16/h7,15-16H,6H2,1-5H3. The van der Waals surface area contributed by atoms with Crippen LogP contribution in [0.2, 0.25) is 0 Å². The maximum atomic E-state index is 10.2. The predicted molar refractivity (Wildman–Crippen MR) is 66.4 cm³/mol. The SMILES string of the molecule is Cc1c(C)c2c(c(C)c1O)CC(C)C(C)(O)O2. The summed E-state index contributed by atoms with van der Waals surface area (Å²) in [6.07, 6.45) is 0.725. The van der Waals surface area contributed by atoms with Gasteiger partial charge in [-0.3, -0.25) is 0 Å². The number of rotatable bonds is 0. The van der Waals surface area contributed by atoms with Gasteiger partial charge in [0.2, 0.25) is 5.79 Å². The summed E-state index contributed by atoms with van der Waals surface area (Å²) in [5.74, 6) is -0.0390. The molecule has 1 aromatic carbocycles. The van der Waals surface area contributed by atoms with Gasteiger partial charge >= 0.3 is 0 Å². The van der Waals surface area contributed by atoms with Crippen LogP contribution in [0, 0.1) is 26.7 Å². The van der Waals surface area contributed by atoms with Crippen LogP contribution in [0.25, 0.3) is 0 Å². The first kappa shape index (κ1) is 12.2. The summed E-state index contributed by atoms with van der Waals surface area (Å²) in [6.45, 7) is 9.33. The number of benzene rings is 1. The normalized spacial score (nSPS) is 27.5. The van der Waals surface area contributed by atoms with Crippen molar-refractivity contribution >= 4 is 0 Å². The molecule has 3 heteroatoms. The van der Waals surface area contributed by atoms with Crippen molar-refractivity contribution in [2.24, 2.45) is 5.92 Å². The fourth-order valence-electron chi connectivity index (χ4n) is 2.36. The third-order valence-electron chi connectivity index (χ3n) is 4.07. The van der Waals surface area contributed by atoms with Crippen LogP contribution in [-0.2, 0) is 6.42 Å². The smallest absolute Gasteiger partial charge is 0.208 e. The minimum Gasteiger partial charge on any atom is -0.507 e. The summed E-state index contributed by atoms with van der Waals surface area (Å²) in [5, 5.41) is 20.2. The molecule has 3 nitrogen and oxygen atoms in total. The molecule has 0 aromatic heterocycles. The zero-order valence-corrected chi connectivity index (χ0v) is 11.1. The molecule has 1 aromatic rings. The van der Waals surface area contributed by atoms with E-state index >= 15 is 0 Å². The molecule has 0 fully saturated rings. The molecule has 1 heterocycles. The highest BCUT2D eigenvalue weighted by Crippen LogP contribution is 2.44. The molecule has 0 aliphatic carbocycles. The molecule has 94 valence electrons. The van der Waals surface area contributed by atoms with E-state index < -0.39 is 5.79 Å². The van der Waals surface area contributed by atoms with Gasteiger partial charge in [-0.2, -0.15) is 0 Å². The number of hydrogen-bond acceptors (Lipinski definition) is 3. The predicted octanol–water partition coefficient (Wildman–Crippen LogP) is 2.60. The Morgan fingerprint density at radius 1 is 1.18 bits per heavy atom. The number of phenols is 1. The lowest BCUT2D eigenvalue weighted by atomic mass is 9.85. The number of hydrogen-bond donors (Lipinski definition) is 2. The minimum atomic E-state index is -1.13. The van der Waals surface area contributed by atoms with Gasteiger partial charge in [0.15, 0.2) is 0 Å². The Hall–Kier alpha value is -1.22. The maximum absolute atomic E-state index is 10.2. The Bertz CT molecular complexity index is 475. The number of aromatic hydroxyl groups is 1. The van der Waals surface area contributed by atoms with Crippen LogP contribution in [-0.4, -0.2) is 16.0 Å². The van der Waals surface area contributed by atoms with Crippen molar-refractivity contribution < 1.29 is 14.9 Å². The fraction of sp³-hybridized carbons (Fsp3) is 0.571. The van der Waals surface area contributed by atoms with Gasteiger partial charge in [-0.15, -0.1) is 0 Å². The number of aliphatic hydroxyl groups is 1. The summed E-state index contributed by atoms with van der Waals surface area (Å²) >= 11 is 0. The number of ether oxygens (including phenoxy) is 1. The van der Waals surface area contributed by atoms with Gasteiger partial charge in [-0.25, -0.2) is 0 Å². The molecule has 0 saturated heterocycles. The molecule has 2 rings (SSSR count). The third-order valence-corrected chi connectivity index (χ3v) is 4.07. The van der Waals surface area contributed by atoms with Crippen molar-refractivity contribution in [3.8, 4) is 11.5 Å². The zero-order valence-electron chi connectivity index (χ0n) is 11.1. The van der Waals surface area contributed by atoms with Gasteiger partial charge in [0.25, 0.3) is 0 Å². The highest BCUT2D eigenvalue weighted by molar-refractivity contribution is 5.58. The Kier molecular flexibility index (Phi) is 2.62. The van der Waals surface area contributed by atoms with Gasteiger partial charge in [0.05, 0.1) is 0 Å². The zero-order chi connectivity index (χ0) is 13.0. The summed E-state index contributed by atoms with van der Waals surface area (Å²) in [6, 6.07) is 0. The van der Waals surface area contributed by atoms with Crippen molar-refractivity contribution in [1.82, 2.24) is 0 Å². The first-order valence-corrected chi connectivity index (χ1v) is 5.98. The lowest BCUT2D eigenvalue weighted by molar-refractivity contribution is -0.167. The maximum Gasteiger partial charge on any atom is 0.208 e. The molecule has 0 saturated carbocycles. The van der Waals surface area contributed by atoms with E-state index in [0.29, 0.717) is 5.75 Å². The van der Waals surface area contributed by atoms with E-state index in [2.05, 4.69) is 0 Å². The number of phenolic OH excluding ortho intramolecular Hbond substituents is 1. The van der Waals surface area contributed by atoms with Crippen molar-refractivity contribution in [2.75, 3.05) is 0 Å². The van der Waals surface area contributed by atoms with Crippen LogP contribution >= 0.6 is 0 Å². The summed E-state index contributed by atoms with van der Waals surface area (Å²) in [5.41, 5.74) is 3.62. The first-order valence-electron chi connectivity index (χ1n) is 5.98. The van der Waals surface area contributed by atoms with E-state index in [9.17, 15) is 10.2 Å². The summed E-state index contributed by atoms with van der Waals surface area (Å²) in [7, 11) is 0. The van der Waals surface area contributed by atoms with Crippen LogP contribution in [0.15, 0.2) is 0 Å². The monoisotopic (exact) mass is 236 g/mol. The van der Waals surface area contributed by atoms with Crippen molar-refractivity contribution in [3.05, 3.63) is 22.3 Å². The Morgan fingerprint density at radius 3 is 2.35 bits per heavy atom. The van der Waals surface area contributed by atoms with Gasteiger partial charge in [-0.05, 0) is 43.9 Å². The Morgan fingerprint density at radius 2 is 1.76 bits per heavy atom. The molecule has 2 unspecified atom stereocenters. The molecule has 2 atom stereocenters. The largest absolute Gasteiger partial charge is 0.507 e. The lowest BCUT2D eigenvalue weighted by Crippen LogP contribution is -2.43. The van der Waals surface area contributed by atoms with E-state index in [1.54, 1.807) is 6.92 Å². The van der Waals surface area contributed by atoms with Gasteiger partial charge in [0.1, 0.15) is 11.5 Å². The van der Waals surface area contributed by atoms with E-state index in [4.69, 9.17) is 4.74 Å². The molecular weight excluding hydrogens is 216 g/mol. The Balaban J connectivity index is 2.67. The first-order chi connectivity index (χ1) is 7.75. The molecule has 1 aliphatic heterocycles. The molecular formula is C14H20O3. The van der Waals surface area contributed by atoms with Crippen LogP contribution in [0.1, 0.15) is 36.1 Å². The molecule has 17 heavy (non-hydrogen) atoms. The van der Waals surface area contributed by atoms with Crippen LogP contribution in [0.4, 0.5) is 0 Å². The topological polar surface area (TPSA) is 49.7 Å². The van der Waals surface area contributed by atoms with Gasteiger partial charge < -0.3 is 14.9 Å². The average molecular weight is 236 g/mol. The summed E-state index contributed by atoms with van der Waals surface area (Å²) in [4.78, 5) is 0. The second kappa shape index (κ2) is 3.64. The van der Waals surface area contributed by atoms with Crippen molar-refractivity contribution in [2.45, 2.75) is 46.8 Å². The van der Waals surface area contributed by atoms with Crippen LogP contribution in [0.3, 0.4) is 0 Å². The average Bonchev–Trinajstić information content (AvgIpc) is 2.26. The second-order valence-electron chi connectivity index (χ2n) is 5.29. The van der Waals surface area contributed by atoms with E-state index in [0.717, 1.165) is 34.4 Å².